The van der Waals surface area contributed by atoms with Crippen molar-refractivity contribution in [3.05, 3.63) is 12.2 Å². The van der Waals surface area contributed by atoms with Crippen LogP contribution in [0.2, 0.25) is 0 Å². The summed E-state index contributed by atoms with van der Waals surface area (Å²) in [5.41, 5.74) is 0. The average Bonchev–Trinajstić information content (AvgIpc) is 2.54. The van der Waals surface area contributed by atoms with Gasteiger partial charge in [-0.25, -0.2) is 0 Å². The molecule has 0 aliphatic carbocycles. The Morgan fingerprint density at radius 1 is 0.500 bits per heavy atom. The van der Waals surface area contributed by atoms with Crippen LogP contribution in [-0.2, 0) is 4.74 Å². The lowest BCUT2D eigenvalue weighted by molar-refractivity contribution is 0.130. The van der Waals surface area contributed by atoms with E-state index in [9.17, 15) is 0 Å². The molecule has 0 aromatic carbocycles. The molecule has 0 amide bonds. The van der Waals surface area contributed by atoms with Crippen molar-refractivity contribution in [3.63, 3.8) is 0 Å². The van der Waals surface area contributed by atoms with Crippen LogP contribution in [0.3, 0.4) is 0 Å². The summed E-state index contributed by atoms with van der Waals surface area (Å²) in [6.45, 7) is 6.35. The SMILES string of the molecule is CCCCCCCC/C=C\CCCCCCCCOCCC. The second kappa shape index (κ2) is 20.7. The summed E-state index contributed by atoms with van der Waals surface area (Å²) in [7, 11) is 0. The Morgan fingerprint density at radius 2 is 1.00 bits per heavy atom. The van der Waals surface area contributed by atoms with Gasteiger partial charge in [0.2, 0.25) is 0 Å². The Labute approximate surface area is 140 Å². The van der Waals surface area contributed by atoms with E-state index in [1.54, 1.807) is 0 Å². The van der Waals surface area contributed by atoms with E-state index in [1.165, 1.54) is 89.9 Å². The molecule has 1 nitrogen and oxygen atoms in total. The molecule has 0 rings (SSSR count). The first-order chi connectivity index (χ1) is 10.9. The molecule has 0 aromatic heterocycles. The lowest BCUT2D eigenvalue weighted by Gasteiger charge is -2.02. The van der Waals surface area contributed by atoms with Crippen molar-refractivity contribution in [2.45, 2.75) is 110 Å². The highest BCUT2D eigenvalue weighted by molar-refractivity contribution is 4.81. The predicted octanol–water partition coefficient (Wildman–Crippen LogP) is 7.45. The van der Waals surface area contributed by atoms with E-state index < -0.39 is 0 Å². The maximum absolute atomic E-state index is 5.49. The highest BCUT2D eigenvalue weighted by Gasteiger charge is 1.92. The molecule has 0 spiro atoms. The van der Waals surface area contributed by atoms with Crippen molar-refractivity contribution in [2.24, 2.45) is 0 Å². The van der Waals surface area contributed by atoms with Gasteiger partial charge in [-0.1, -0.05) is 83.8 Å². The van der Waals surface area contributed by atoms with Crippen LogP contribution in [0.15, 0.2) is 12.2 Å². The molecule has 0 aliphatic rings. The van der Waals surface area contributed by atoms with Crippen LogP contribution in [0, 0.1) is 0 Å². The molecule has 0 atom stereocenters. The normalized spacial score (nSPS) is 11.5. The topological polar surface area (TPSA) is 9.23 Å². The zero-order valence-corrected chi connectivity index (χ0v) is 15.6. The van der Waals surface area contributed by atoms with Gasteiger partial charge in [-0.05, 0) is 38.5 Å². The fraction of sp³-hybridized carbons (Fsp3) is 0.905. The van der Waals surface area contributed by atoms with Crippen LogP contribution in [0.1, 0.15) is 110 Å². The molecular formula is C21H42O. The monoisotopic (exact) mass is 310 g/mol. The average molecular weight is 311 g/mol. The number of rotatable bonds is 18. The lowest BCUT2D eigenvalue weighted by atomic mass is 10.1. The summed E-state index contributed by atoms with van der Waals surface area (Å²) in [6, 6.07) is 0. The fourth-order valence-electron chi connectivity index (χ4n) is 2.70. The number of unbranched alkanes of at least 4 members (excludes halogenated alkanes) is 12. The van der Waals surface area contributed by atoms with Gasteiger partial charge < -0.3 is 4.74 Å². The smallest absolute Gasteiger partial charge is 0.0466 e. The van der Waals surface area contributed by atoms with Crippen molar-refractivity contribution in [2.75, 3.05) is 13.2 Å². The predicted molar refractivity (Wildman–Crippen MR) is 101 cm³/mol. The molecule has 0 radical (unpaired) electrons. The molecule has 0 bridgehead atoms. The Kier molecular flexibility index (Phi) is 20.4. The Balaban J connectivity index is 3.02. The third kappa shape index (κ3) is 19.7. The van der Waals surface area contributed by atoms with E-state index in [0.29, 0.717) is 0 Å². The largest absolute Gasteiger partial charge is 0.381 e. The molecule has 132 valence electrons. The molecule has 0 aliphatic heterocycles. The molecule has 0 fully saturated rings. The maximum atomic E-state index is 5.49. The van der Waals surface area contributed by atoms with E-state index in [-0.39, 0.29) is 0 Å². The van der Waals surface area contributed by atoms with Gasteiger partial charge in [-0.15, -0.1) is 0 Å². The van der Waals surface area contributed by atoms with Crippen LogP contribution in [0.25, 0.3) is 0 Å². The summed E-state index contributed by atoms with van der Waals surface area (Å²) in [4.78, 5) is 0. The Morgan fingerprint density at radius 3 is 1.55 bits per heavy atom. The van der Waals surface area contributed by atoms with Gasteiger partial charge in [0.1, 0.15) is 0 Å². The molecule has 0 unspecified atom stereocenters. The molecule has 22 heavy (non-hydrogen) atoms. The molecule has 0 saturated carbocycles. The van der Waals surface area contributed by atoms with Crippen LogP contribution < -0.4 is 0 Å². The lowest BCUT2D eigenvalue weighted by Crippen LogP contribution is -1.95. The summed E-state index contributed by atoms with van der Waals surface area (Å²) in [6.07, 6.45) is 25.2. The van der Waals surface area contributed by atoms with E-state index >= 15 is 0 Å². The van der Waals surface area contributed by atoms with Crippen LogP contribution >= 0.6 is 0 Å². The second-order valence-corrected chi connectivity index (χ2v) is 6.55. The molecule has 0 saturated heterocycles. The minimum atomic E-state index is 0.936. The highest BCUT2D eigenvalue weighted by Crippen LogP contribution is 2.09. The quantitative estimate of drug-likeness (QED) is 0.189. The van der Waals surface area contributed by atoms with Crippen molar-refractivity contribution in [1.82, 2.24) is 0 Å². The summed E-state index contributed by atoms with van der Waals surface area (Å²) < 4.78 is 5.49. The zero-order valence-electron chi connectivity index (χ0n) is 15.6. The van der Waals surface area contributed by atoms with E-state index in [1.807, 2.05) is 0 Å². The molecule has 0 N–H and O–H groups in total. The number of ether oxygens (including phenoxy) is 1. The standard InChI is InChI=1S/C21H42O/c1-3-5-6-7-8-9-10-11-12-13-14-15-16-17-18-19-21-22-20-4-2/h11-12H,3-10,13-21H2,1-2H3/b12-11-. The maximum Gasteiger partial charge on any atom is 0.0466 e. The third-order valence-corrected chi connectivity index (χ3v) is 4.15. The van der Waals surface area contributed by atoms with Gasteiger partial charge in [0.15, 0.2) is 0 Å². The Hall–Kier alpha value is -0.300. The minimum Gasteiger partial charge on any atom is -0.381 e. The number of hydrogen-bond donors (Lipinski definition) is 0. The Bertz CT molecular complexity index is 210. The van der Waals surface area contributed by atoms with Gasteiger partial charge >= 0.3 is 0 Å². The van der Waals surface area contributed by atoms with Crippen LogP contribution in [0.5, 0.6) is 0 Å². The van der Waals surface area contributed by atoms with E-state index in [2.05, 4.69) is 26.0 Å². The first kappa shape index (κ1) is 21.7. The van der Waals surface area contributed by atoms with Crippen molar-refractivity contribution in [3.8, 4) is 0 Å². The first-order valence-electron chi connectivity index (χ1n) is 10.1. The van der Waals surface area contributed by atoms with E-state index in [4.69, 9.17) is 4.74 Å². The van der Waals surface area contributed by atoms with Gasteiger partial charge in [0, 0.05) is 13.2 Å². The summed E-state index contributed by atoms with van der Waals surface area (Å²) >= 11 is 0. The highest BCUT2D eigenvalue weighted by atomic mass is 16.5. The number of allylic oxidation sites excluding steroid dienone is 2. The molecule has 0 aromatic rings. The molecule has 1 heteroatoms. The van der Waals surface area contributed by atoms with Gasteiger partial charge in [-0.2, -0.15) is 0 Å². The second-order valence-electron chi connectivity index (χ2n) is 6.55. The third-order valence-electron chi connectivity index (χ3n) is 4.15. The van der Waals surface area contributed by atoms with Crippen molar-refractivity contribution < 1.29 is 4.74 Å². The first-order valence-corrected chi connectivity index (χ1v) is 10.1. The summed E-state index contributed by atoms with van der Waals surface area (Å²) in [5, 5.41) is 0. The fourth-order valence-corrected chi connectivity index (χ4v) is 2.70. The molecular weight excluding hydrogens is 268 g/mol. The van der Waals surface area contributed by atoms with Crippen LogP contribution in [0.4, 0.5) is 0 Å². The number of hydrogen-bond acceptors (Lipinski definition) is 1. The zero-order chi connectivity index (χ0) is 16.1. The van der Waals surface area contributed by atoms with Gasteiger partial charge in [0.25, 0.3) is 0 Å². The minimum absolute atomic E-state index is 0.936. The van der Waals surface area contributed by atoms with Gasteiger partial charge in [-0.3, -0.25) is 0 Å². The van der Waals surface area contributed by atoms with Gasteiger partial charge in [0.05, 0.1) is 0 Å². The summed E-state index contributed by atoms with van der Waals surface area (Å²) in [5.74, 6) is 0. The van der Waals surface area contributed by atoms with Crippen molar-refractivity contribution >= 4 is 0 Å². The van der Waals surface area contributed by atoms with Crippen molar-refractivity contribution in [1.29, 1.82) is 0 Å². The molecule has 0 heterocycles. The van der Waals surface area contributed by atoms with E-state index in [0.717, 1.165) is 19.6 Å². The van der Waals surface area contributed by atoms with Crippen LogP contribution in [-0.4, -0.2) is 13.2 Å².